The molecular weight excluding hydrogens is 402 g/mol. The van der Waals surface area contributed by atoms with Gasteiger partial charge < -0.3 is 10.1 Å². The van der Waals surface area contributed by atoms with E-state index in [1.54, 1.807) is 0 Å². The minimum absolute atomic E-state index is 0.666. The Bertz CT molecular complexity index is 321. The van der Waals surface area contributed by atoms with Crippen LogP contribution >= 0.6 is 47.8 Å². The molecule has 0 spiro atoms. The lowest BCUT2D eigenvalue weighted by Gasteiger charge is -2.11. The molecule has 0 aliphatic heterocycles. The lowest BCUT2D eigenvalue weighted by atomic mass is 10.3. The molecule has 1 aromatic carbocycles. The van der Waals surface area contributed by atoms with E-state index in [2.05, 4.69) is 60.0 Å². The highest BCUT2D eigenvalue weighted by Crippen LogP contribution is 2.36. The van der Waals surface area contributed by atoms with E-state index in [0.29, 0.717) is 6.61 Å². The van der Waals surface area contributed by atoms with E-state index in [9.17, 15) is 0 Å². The maximum absolute atomic E-state index is 5.69. The Hall–Kier alpha value is 0.420. The summed E-state index contributed by atoms with van der Waals surface area (Å²) in [6.45, 7) is 4.71. The first-order chi connectivity index (χ1) is 7.65. The van der Waals surface area contributed by atoms with Crippen LogP contribution in [0.4, 0.5) is 0 Å². The van der Waals surface area contributed by atoms with Crippen molar-refractivity contribution in [3.63, 3.8) is 0 Å². The molecule has 0 aliphatic rings. The first-order valence-corrected chi connectivity index (χ1v) is 7.51. The molecule has 90 valence electrons. The second kappa shape index (κ2) is 7.69. The van der Waals surface area contributed by atoms with Crippen LogP contribution in [0.1, 0.15) is 13.3 Å². The van der Waals surface area contributed by atoms with Gasteiger partial charge in [0.25, 0.3) is 0 Å². The summed E-state index contributed by atoms with van der Waals surface area (Å²) in [5, 5.41) is 3.29. The zero-order valence-electron chi connectivity index (χ0n) is 9.03. The summed E-state index contributed by atoms with van der Waals surface area (Å²) in [5.41, 5.74) is 0. The van der Waals surface area contributed by atoms with E-state index in [-0.39, 0.29) is 0 Å². The molecule has 2 nitrogen and oxygen atoms in total. The largest absolute Gasteiger partial charge is 0.490 e. The number of nitrogens with one attached hydrogen (secondary N) is 1. The molecule has 0 atom stereocenters. The van der Waals surface area contributed by atoms with Crippen LogP contribution in [0.15, 0.2) is 25.6 Å². The smallest absolute Gasteiger partial charge is 0.147 e. The van der Waals surface area contributed by atoms with Crippen LogP contribution in [0.25, 0.3) is 0 Å². The van der Waals surface area contributed by atoms with Crippen molar-refractivity contribution in [1.29, 1.82) is 0 Å². The maximum atomic E-state index is 5.69. The third-order valence-electron chi connectivity index (χ3n) is 1.92. The predicted octanol–water partition coefficient (Wildman–Crippen LogP) is 4.35. The third-order valence-corrected chi connectivity index (χ3v) is 3.55. The molecule has 0 aromatic heterocycles. The van der Waals surface area contributed by atoms with Gasteiger partial charge in [-0.2, -0.15) is 0 Å². The molecular formula is C11H14Br3NO. The van der Waals surface area contributed by atoms with Gasteiger partial charge in [0.2, 0.25) is 0 Å². The van der Waals surface area contributed by atoms with Crippen molar-refractivity contribution in [2.45, 2.75) is 13.3 Å². The van der Waals surface area contributed by atoms with Gasteiger partial charge in [-0.15, -0.1) is 0 Å². The van der Waals surface area contributed by atoms with Gasteiger partial charge in [0.05, 0.1) is 8.95 Å². The number of halogens is 3. The minimum Gasteiger partial charge on any atom is -0.490 e. The van der Waals surface area contributed by atoms with Crippen LogP contribution in [0.5, 0.6) is 5.75 Å². The molecule has 5 heteroatoms. The second-order valence-electron chi connectivity index (χ2n) is 3.30. The molecule has 0 unspecified atom stereocenters. The van der Waals surface area contributed by atoms with E-state index in [1.165, 1.54) is 0 Å². The van der Waals surface area contributed by atoms with E-state index in [1.807, 2.05) is 12.1 Å². The van der Waals surface area contributed by atoms with Gasteiger partial charge in [-0.1, -0.05) is 22.9 Å². The zero-order valence-corrected chi connectivity index (χ0v) is 13.8. The Kier molecular flexibility index (Phi) is 6.96. The Morgan fingerprint density at radius 1 is 1.12 bits per heavy atom. The molecule has 0 saturated carbocycles. The van der Waals surface area contributed by atoms with Gasteiger partial charge in [-0.05, 0) is 57.0 Å². The van der Waals surface area contributed by atoms with Crippen LogP contribution in [0, 0.1) is 0 Å². The number of hydrogen-bond donors (Lipinski definition) is 1. The fourth-order valence-electron chi connectivity index (χ4n) is 1.19. The molecule has 0 aliphatic carbocycles. The average Bonchev–Trinajstić information content (AvgIpc) is 2.20. The molecule has 16 heavy (non-hydrogen) atoms. The summed E-state index contributed by atoms with van der Waals surface area (Å²) >= 11 is 10.4. The highest BCUT2D eigenvalue weighted by atomic mass is 79.9. The van der Waals surface area contributed by atoms with Crippen molar-refractivity contribution in [3.05, 3.63) is 25.6 Å². The normalized spacial score (nSPS) is 10.5. The third kappa shape index (κ3) is 4.73. The number of rotatable bonds is 6. The summed E-state index contributed by atoms with van der Waals surface area (Å²) in [7, 11) is 0. The summed E-state index contributed by atoms with van der Waals surface area (Å²) < 4.78 is 8.61. The van der Waals surface area contributed by atoms with Gasteiger partial charge in [-0.3, -0.25) is 0 Å². The second-order valence-corrected chi connectivity index (χ2v) is 5.92. The monoisotopic (exact) mass is 413 g/mol. The van der Waals surface area contributed by atoms with Gasteiger partial charge in [0.15, 0.2) is 0 Å². The molecule has 0 heterocycles. The number of hydrogen-bond acceptors (Lipinski definition) is 2. The summed E-state index contributed by atoms with van der Waals surface area (Å²) in [6, 6.07) is 3.94. The molecule has 1 N–H and O–H groups in total. The Morgan fingerprint density at radius 2 is 1.75 bits per heavy atom. The van der Waals surface area contributed by atoms with Gasteiger partial charge in [-0.25, -0.2) is 0 Å². The van der Waals surface area contributed by atoms with Crippen LogP contribution < -0.4 is 10.1 Å². The molecule has 1 rings (SSSR count). The quantitative estimate of drug-likeness (QED) is 0.697. The average molecular weight is 416 g/mol. The van der Waals surface area contributed by atoms with E-state index in [0.717, 1.165) is 38.7 Å². The Balaban J connectivity index is 2.47. The Labute approximate surface area is 122 Å². The van der Waals surface area contributed by atoms with E-state index in [4.69, 9.17) is 4.74 Å². The van der Waals surface area contributed by atoms with Crippen LogP contribution in [-0.4, -0.2) is 19.7 Å². The standard InChI is InChI=1S/C11H14Br3NO/c1-2-3-15-4-5-16-11-9(13)6-8(12)7-10(11)14/h6-7,15H,2-5H2,1H3. The van der Waals surface area contributed by atoms with Crippen molar-refractivity contribution in [3.8, 4) is 5.75 Å². The van der Waals surface area contributed by atoms with Gasteiger partial charge in [0.1, 0.15) is 12.4 Å². The molecule has 0 bridgehead atoms. The first-order valence-electron chi connectivity index (χ1n) is 5.13. The predicted molar refractivity (Wildman–Crippen MR) is 78.2 cm³/mol. The minimum atomic E-state index is 0.666. The van der Waals surface area contributed by atoms with Crippen molar-refractivity contribution < 1.29 is 4.74 Å². The fourth-order valence-corrected chi connectivity index (χ4v) is 3.68. The maximum Gasteiger partial charge on any atom is 0.147 e. The SMILES string of the molecule is CCCNCCOc1c(Br)cc(Br)cc1Br. The van der Waals surface area contributed by atoms with E-state index < -0.39 is 0 Å². The highest BCUT2D eigenvalue weighted by Gasteiger charge is 2.07. The zero-order chi connectivity index (χ0) is 12.0. The summed E-state index contributed by atoms with van der Waals surface area (Å²) in [5.74, 6) is 0.849. The van der Waals surface area contributed by atoms with Crippen LogP contribution in [0.2, 0.25) is 0 Å². The molecule has 0 radical (unpaired) electrons. The van der Waals surface area contributed by atoms with Crippen molar-refractivity contribution in [2.24, 2.45) is 0 Å². The molecule has 0 fully saturated rings. The van der Waals surface area contributed by atoms with Crippen molar-refractivity contribution in [2.75, 3.05) is 19.7 Å². The highest BCUT2D eigenvalue weighted by molar-refractivity contribution is 9.11. The Morgan fingerprint density at radius 3 is 2.31 bits per heavy atom. The molecule has 1 aromatic rings. The van der Waals surface area contributed by atoms with E-state index >= 15 is 0 Å². The summed E-state index contributed by atoms with van der Waals surface area (Å²) in [4.78, 5) is 0. The summed E-state index contributed by atoms with van der Waals surface area (Å²) in [6.07, 6.45) is 1.14. The lowest BCUT2D eigenvalue weighted by molar-refractivity contribution is 0.310. The molecule has 0 saturated heterocycles. The fraction of sp³-hybridized carbons (Fsp3) is 0.455. The molecule has 0 amide bonds. The lowest BCUT2D eigenvalue weighted by Crippen LogP contribution is -2.21. The van der Waals surface area contributed by atoms with Crippen molar-refractivity contribution >= 4 is 47.8 Å². The number of ether oxygens (including phenoxy) is 1. The first kappa shape index (κ1) is 14.5. The van der Waals surface area contributed by atoms with Crippen molar-refractivity contribution in [1.82, 2.24) is 5.32 Å². The number of benzene rings is 1. The topological polar surface area (TPSA) is 21.3 Å². The van der Waals surface area contributed by atoms with Crippen LogP contribution in [0.3, 0.4) is 0 Å². The van der Waals surface area contributed by atoms with Gasteiger partial charge in [0, 0.05) is 11.0 Å². The van der Waals surface area contributed by atoms with Gasteiger partial charge >= 0.3 is 0 Å². The van der Waals surface area contributed by atoms with Crippen LogP contribution in [-0.2, 0) is 0 Å².